The average molecular weight is 754 g/mol. The molecule has 19 heteroatoms. The molecule has 0 spiro atoms. The Bertz CT molecular complexity index is 1690. The number of nitrogens with zero attached hydrogens (tertiary/aromatic N) is 2. The maximum Gasteiger partial charge on any atom is 0.416 e. The van der Waals surface area contributed by atoms with Crippen molar-refractivity contribution in [3.8, 4) is 11.5 Å². The number of hydrogen-bond acceptors (Lipinski definition) is 9. The van der Waals surface area contributed by atoms with Crippen LogP contribution >= 0.6 is 0 Å². The summed E-state index contributed by atoms with van der Waals surface area (Å²) < 4.78 is 81.3. The number of rotatable bonds is 20. The average Bonchev–Trinajstić information content (AvgIpc) is 3.09. The van der Waals surface area contributed by atoms with Crippen molar-refractivity contribution < 1.29 is 45.8 Å². The van der Waals surface area contributed by atoms with Gasteiger partial charge in [0.05, 0.1) is 28.5 Å². The molecule has 11 N–H and O–H groups in total. The molecule has 3 amide bonds. The summed E-state index contributed by atoms with van der Waals surface area (Å²) in [4.78, 5) is 47.4. The normalized spacial score (nSPS) is 12.5. The minimum Gasteiger partial charge on any atom is -0.490 e. The summed E-state index contributed by atoms with van der Waals surface area (Å²) in [6, 6.07) is 4.37. The molecule has 0 aliphatic rings. The van der Waals surface area contributed by atoms with E-state index >= 15 is 0 Å². The van der Waals surface area contributed by atoms with E-state index in [-0.39, 0.29) is 79.5 Å². The Labute approximate surface area is 302 Å². The highest BCUT2D eigenvalue weighted by molar-refractivity contribution is 6.06. The van der Waals surface area contributed by atoms with E-state index in [1.54, 1.807) is 0 Å². The number of amides is 3. The molecule has 2 aromatic rings. The topological polar surface area (TPSA) is 235 Å². The van der Waals surface area contributed by atoms with Gasteiger partial charge in [0.15, 0.2) is 11.7 Å². The molecule has 0 radical (unpaired) electrons. The highest BCUT2D eigenvalue weighted by Gasteiger charge is 2.33. The van der Waals surface area contributed by atoms with Gasteiger partial charge in [-0.15, -0.1) is 0 Å². The standard InChI is InChI=1S/C34H44F5N9O5/c1-4-33(35,36)22-18-24(46-28(49)8-6-7-13-45-32(42)43)29(53-15-12-41)25(19-22)48-30(50)20(3)16-26(44-5-2)31(51)47-23-17-21(34(37,38)39)9-10-27(23)52-14-11-40/h4-5,9-10,16-20H,1,6-8,11-15,40-41H2,2-3H3,(H,46,49)(H,47,51)(H,48,50)(H4,42,43,45)/b26-16-,44-5?. The van der Waals surface area contributed by atoms with Gasteiger partial charge in [0, 0.05) is 37.8 Å². The SMILES string of the molecule is C=CC(F)(F)c1cc(NC(=O)CCCCN=C(N)N)c(OCCN)c(NC(=O)C(C)/C=C(\N=CC)C(=O)Nc2cc(C(F)(F)F)ccc2OCCN)c1. The number of guanidine groups is 1. The number of alkyl halides is 5. The van der Waals surface area contributed by atoms with E-state index in [4.69, 9.17) is 32.4 Å². The lowest BCUT2D eigenvalue weighted by Gasteiger charge is -2.22. The molecular weight excluding hydrogens is 709 g/mol. The number of carbonyl (C=O) groups excluding carboxylic acids is 3. The molecule has 2 rings (SSSR count). The van der Waals surface area contributed by atoms with Crippen molar-refractivity contribution in [2.45, 2.75) is 45.2 Å². The molecule has 290 valence electrons. The first kappa shape index (κ1) is 43.6. The number of halogens is 5. The summed E-state index contributed by atoms with van der Waals surface area (Å²) in [5.41, 5.74) is 18.7. The van der Waals surface area contributed by atoms with Crippen LogP contribution in [0.2, 0.25) is 0 Å². The van der Waals surface area contributed by atoms with Crippen molar-refractivity contribution in [1.29, 1.82) is 0 Å². The lowest BCUT2D eigenvalue weighted by molar-refractivity contribution is -0.137. The highest BCUT2D eigenvalue weighted by atomic mass is 19.4. The summed E-state index contributed by atoms with van der Waals surface area (Å²) >= 11 is 0. The fraction of sp³-hybridized carbons (Fsp3) is 0.382. The maximum absolute atomic E-state index is 14.9. The molecule has 0 aromatic heterocycles. The maximum atomic E-state index is 14.9. The van der Waals surface area contributed by atoms with Crippen molar-refractivity contribution in [2.24, 2.45) is 38.8 Å². The van der Waals surface area contributed by atoms with Gasteiger partial charge >= 0.3 is 6.18 Å². The van der Waals surface area contributed by atoms with Crippen LogP contribution in [0.1, 0.15) is 44.2 Å². The minimum atomic E-state index is -4.74. The van der Waals surface area contributed by atoms with Crippen molar-refractivity contribution in [3.63, 3.8) is 0 Å². The molecular formula is C34H44F5N9O5. The summed E-state index contributed by atoms with van der Waals surface area (Å²) in [7, 11) is 0. The lowest BCUT2D eigenvalue weighted by atomic mass is 10.0. The lowest BCUT2D eigenvalue weighted by Crippen LogP contribution is -2.23. The largest absolute Gasteiger partial charge is 0.490 e. The fourth-order valence-corrected chi connectivity index (χ4v) is 4.42. The number of hydrogen-bond donors (Lipinski definition) is 7. The van der Waals surface area contributed by atoms with Crippen LogP contribution in [0.5, 0.6) is 11.5 Å². The van der Waals surface area contributed by atoms with E-state index < -0.39 is 46.9 Å². The fourth-order valence-electron chi connectivity index (χ4n) is 4.42. The molecule has 0 aliphatic carbocycles. The van der Waals surface area contributed by atoms with E-state index in [0.29, 0.717) is 25.0 Å². The molecule has 2 aromatic carbocycles. The van der Waals surface area contributed by atoms with Gasteiger partial charge in [-0.1, -0.05) is 6.58 Å². The molecule has 0 heterocycles. The molecule has 0 fully saturated rings. The van der Waals surface area contributed by atoms with Crippen molar-refractivity contribution in [3.05, 3.63) is 65.9 Å². The molecule has 0 saturated carbocycles. The summed E-state index contributed by atoms with van der Waals surface area (Å²) in [5.74, 6) is -7.62. The summed E-state index contributed by atoms with van der Waals surface area (Å²) in [6.45, 7) is 6.05. The predicted molar refractivity (Wildman–Crippen MR) is 193 cm³/mol. The van der Waals surface area contributed by atoms with Crippen LogP contribution in [-0.2, 0) is 26.5 Å². The third kappa shape index (κ3) is 13.8. The summed E-state index contributed by atoms with van der Waals surface area (Å²) in [5, 5.41) is 7.35. The van der Waals surface area contributed by atoms with Gasteiger partial charge in [-0.05, 0) is 69.2 Å². The van der Waals surface area contributed by atoms with Crippen LogP contribution in [0.25, 0.3) is 0 Å². The van der Waals surface area contributed by atoms with Crippen LogP contribution in [0.3, 0.4) is 0 Å². The third-order valence-electron chi connectivity index (χ3n) is 6.99. The van der Waals surface area contributed by atoms with Gasteiger partial charge < -0.3 is 48.4 Å². The quantitative estimate of drug-likeness (QED) is 0.0256. The van der Waals surface area contributed by atoms with Gasteiger partial charge in [-0.2, -0.15) is 22.0 Å². The number of anilines is 3. The van der Waals surface area contributed by atoms with Gasteiger partial charge in [-0.25, -0.2) is 0 Å². The molecule has 53 heavy (non-hydrogen) atoms. The van der Waals surface area contributed by atoms with Crippen LogP contribution in [0, 0.1) is 5.92 Å². The number of carbonyl (C=O) groups is 3. The molecule has 0 bridgehead atoms. The Balaban J connectivity index is 2.48. The number of benzene rings is 2. The number of nitrogens with one attached hydrogen (secondary N) is 3. The van der Waals surface area contributed by atoms with E-state index in [2.05, 4.69) is 32.5 Å². The highest BCUT2D eigenvalue weighted by Crippen LogP contribution is 2.41. The van der Waals surface area contributed by atoms with E-state index in [1.807, 2.05) is 0 Å². The zero-order chi connectivity index (χ0) is 39.8. The van der Waals surface area contributed by atoms with Crippen molar-refractivity contribution in [1.82, 2.24) is 0 Å². The molecule has 1 unspecified atom stereocenters. The van der Waals surface area contributed by atoms with Crippen LogP contribution in [-0.4, -0.2) is 62.7 Å². The number of unbranched alkanes of at least 4 members (excludes halogenated alkanes) is 1. The first-order valence-electron chi connectivity index (χ1n) is 16.2. The second kappa shape index (κ2) is 20.5. The van der Waals surface area contributed by atoms with Gasteiger partial charge in [-0.3, -0.25) is 24.4 Å². The first-order chi connectivity index (χ1) is 25.0. The van der Waals surface area contributed by atoms with Crippen LogP contribution < -0.4 is 48.4 Å². The predicted octanol–water partition coefficient (Wildman–Crippen LogP) is 4.23. The Hall–Kier alpha value is -5.56. The number of ether oxygens (including phenoxy) is 2. The number of nitrogens with two attached hydrogens (primary N) is 4. The van der Waals surface area contributed by atoms with Crippen molar-refractivity contribution >= 4 is 47.0 Å². The van der Waals surface area contributed by atoms with Gasteiger partial charge in [0.1, 0.15) is 24.7 Å². The van der Waals surface area contributed by atoms with Gasteiger partial charge in [0.25, 0.3) is 11.8 Å². The summed E-state index contributed by atoms with van der Waals surface area (Å²) in [6.07, 6.45) is -1.28. The van der Waals surface area contributed by atoms with Crippen LogP contribution in [0.15, 0.2) is 64.7 Å². The Morgan fingerprint density at radius 2 is 1.53 bits per heavy atom. The second-order valence-electron chi connectivity index (χ2n) is 11.2. The Kier molecular flexibility index (Phi) is 16.8. The van der Waals surface area contributed by atoms with Gasteiger partial charge in [0.2, 0.25) is 11.8 Å². The van der Waals surface area contributed by atoms with E-state index in [0.717, 1.165) is 30.3 Å². The Morgan fingerprint density at radius 1 is 0.906 bits per heavy atom. The zero-order valence-electron chi connectivity index (χ0n) is 29.2. The molecule has 0 saturated heterocycles. The first-order valence-corrected chi connectivity index (χ1v) is 16.2. The Morgan fingerprint density at radius 3 is 2.11 bits per heavy atom. The minimum absolute atomic E-state index is 0.0202. The molecule has 14 nitrogen and oxygen atoms in total. The molecule has 1 atom stereocenters. The van der Waals surface area contributed by atoms with Crippen LogP contribution in [0.4, 0.5) is 39.0 Å². The zero-order valence-corrected chi connectivity index (χ0v) is 29.2. The third-order valence-corrected chi connectivity index (χ3v) is 6.99. The van der Waals surface area contributed by atoms with Crippen molar-refractivity contribution in [2.75, 3.05) is 48.8 Å². The molecule has 0 aliphatic heterocycles. The van der Waals surface area contributed by atoms with E-state index in [1.165, 1.54) is 20.1 Å². The number of aliphatic imine (C=N–C) groups is 2. The smallest absolute Gasteiger partial charge is 0.416 e. The monoisotopic (exact) mass is 753 g/mol. The second-order valence-corrected chi connectivity index (χ2v) is 11.2. The number of allylic oxidation sites excluding steroid dienone is 1. The van der Waals surface area contributed by atoms with E-state index in [9.17, 15) is 36.3 Å².